The molecule has 2 amide bonds. The van der Waals surface area contributed by atoms with Gasteiger partial charge in [-0.15, -0.1) is 0 Å². The van der Waals surface area contributed by atoms with E-state index in [9.17, 15) is 36.0 Å². The highest BCUT2D eigenvalue weighted by molar-refractivity contribution is 7.88. The van der Waals surface area contributed by atoms with Crippen LogP contribution in [0.3, 0.4) is 0 Å². The Balaban J connectivity index is 1.30. The summed E-state index contributed by atoms with van der Waals surface area (Å²) in [7, 11) is -1.31. The number of carbonyl (C=O) groups excluding carboxylic acids is 3. The zero-order valence-corrected chi connectivity index (χ0v) is 31.0. The van der Waals surface area contributed by atoms with E-state index in [1.807, 2.05) is 6.08 Å². The normalized spacial score (nSPS) is 23.9. The van der Waals surface area contributed by atoms with Crippen LogP contribution in [0.4, 0.5) is 13.2 Å². The average Bonchev–Trinajstić information content (AvgIpc) is 3.97. The Morgan fingerprint density at radius 2 is 1.89 bits per heavy atom. The van der Waals surface area contributed by atoms with Crippen LogP contribution in [0.15, 0.2) is 42.6 Å². The van der Waals surface area contributed by atoms with Crippen molar-refractivity contribution in [2.45, 2.75) is 75.3 Å². The summed E-state index contributed by atoms with van der Waals surface area (Å²) >= 11 is 0. The van der Waals surface area contributed by atoms with E-state index in [1.165, 1.54) is 32.0 Å². The zero-order chi connectivity index (χ0) is 39.2. The molecule has 0 saturated heterocycles. The summed E-state index contributed by atoms with van der Waals surface area (Å²) in [6, 6.07) is 5.51. The number of amides is 2. The lowest BCUT2D eigenvalue weighted by atomic mass is 9.96. The molecular formula is C36H41F3N6O8S. The molecule has 2 N–H and O–H groups in total. The number of methoxy groups -OCH3 is 1. The highest BCUT2D eigenvalue weighted by Gasteiger charge is 2.64. The molecule has 2 saturated carbocycles. The van der Waals surface area contributed by atoms with Gasteiger partial charge in [-0.05, 0) is 77.0 Å². The third-order valence-electron chi connectivity index (χ3n) is 10.3. The van der Waals surface area contributed by atoms with Crippen LogP contribution in [0.1, 0.15) is 63.1 Å². The van der Waals surface area contributed by atoms with Crippen LogP contribution >= 0.6 is 0 Å². The number of aromatic nitrogens is 3. The molecular weight excluding hydrogens is 733 g/mol. The molecule has 14 nitrogen and oxygen atoms in total. The van der Waals surface area contributed by atoms with Gasteiger partial charge in [-0.3, -0.25) is 15.0 Å². The van der Waals surface area contributed by atoms with Gasteiger partial charge in [0, 0.05) is 42.7 Å². The lowest BCUT2D eigenvalue weighted by Crippen LogP contribution is -2.52. The van der Waals surface area contributed by atoms with Gasteiger partial charge >= 0.3 is 22.3 Å². The van der Waals surface area contributed by atoms with Crippen LogP contribution in [-0.2, 0) is 34.9 Å². The molecule has 6 rings (SSSR count). The topological polar surface area (TPSA) is 183 Å². The Morgan fingerprint density at radius 1 is 1.15 bits per heavy atom. The van der Waals surface area contributed by atoms with Gasteiger partial charge in [-0.1, -0.05) is 12.2 Å². The molecule has 2 aromatic heterocycles. The van der Waals surface area contributed by atoms with Crippen molar-refractivity contribution < 1.29 is 49.6 Å². The van der Waals surface area contributed by atoms with Gasteiger partial charge in [0.25, 0.3) is 5.91 Å². The molecule has 3 aromatic rings. The van der Waals surface area contributed by atoms with Crippen LogP contribution in [-0.4, -0.2) is 89.2 Å². The third-order valence-corrected chi connectivity index (χ3v) is 12.3. The predicted molar refractivity (Wildman–Crippen MR) is 189 cm³/mol. The van der Waals surface area contributed by atoms with Crippen molar-refractivity contribution in [1.29, 1.82) is 5.41 Å². The van der Waals surface area contributed by atoms with Crippen molar-refractivity contribution in [2.24, 2.45) is 11.8 Å². The molecule has 2 fully saturated rings. The van der Waals surface area contributed by atoms with E-state index >= 15 is 0 Å². The van der Waals surface area contributed by atoms with E-state index in [4.69, 9.17) is 19.1 Å². The molecule has 3 heterocycles. The third kappa shape index (κ3) is 7.52. The summed E-state index contributed by atoms with van der Waals surface area (Å²) in [4.78, 5) is 47.0. The first kappa shape index (κ1) is 38.7. The van der Waals surface area contributed by atoms with Crippen LogP contribution in [0, 0.1) is 24.2 Å². The molecule has 1 aromatic carbocycles. The van der Waals surface area contributed by atoms with Crippen molar-refractivity contribution in [1.82, 2.24) is 25.0 Å². The summed E-state index contributed by atoms with van der Waals surface area (Å²) in [5.41, 5.74) is -2.52. The van der Waals surface area contributed by atoms with Crippen molar-refractivity contribution in [2.75, 3.05) is 27.3 Å². The number of alkyl halides is 3. The Kier molecular flexibility index (Phi) is 10.3. The number of aryl methyl sites for hydroxylation is 1. The first-order valence-electron chi connectivity index (χ1n) is 17.5. The molecule has 2 aliphatic carbocycles. The number of fused-ring (bicyclic) bond motifs is 2. The minimum atomic E-state index is -4.70. The second-order valence-corrected chi connectivity index (χ2v) is 16.3. The van der Waals surface area contributed by atoms with Crippen LogP contribution < -0.4 is 14.8 Å². The SMILES string of the molecule is COc1ccc2c(OCC[C@@H]3C(=N)C(=O)N(C)CCCC/C=C\[C@@H]4C[C@@]4(C(=O)OS(=O)(=O)C4(C)CC4)NC3=O)cc(-n3ccc(C(F)(F)F)n3)nc2c1C. The highest BCUT2D eigenvalue weighted by atomic mass is 32.2. The molecule has 3 atom stereocenters. The maximum atomic E-state index is 14.1. The fraction of sp³-hybridized carbons (Fsp3) is 0.500. The average molecular weight is 775 g/mol. The van der Waals surface area contributed by atoms with Crippen molar-refractivity contribution >= 4 is 44.5 Å². The Morgan fingerprint density at radius 3 is 2.56 bits per heavy atom. The second-order valence-electron chi connectivity index (χ2n) is 14.2. The lowest BCUT2D eigenvalue weighted by Gasteiger charge is -2.25. The minimum Gasteiger partial charge on any atom is -0.496 e. The molecule has 18 heteroatoms. The van der Waals surface area contributed by atoms with Crippen molar-refractivity contribution in [3.8, 4) is 17.3 Å². The van der Waals surface area contributed by atoms with Crippen LogP contribution in [0.2, 0.25) is 0 Å². The molecule has 54 heavy (non-hydrogen) atoms. The van der Waals surface area contributed by atoms with E-state index < -0.39 is 67.6 Å². The van der Waals surface area contributed by atoms with E-state index in [2.05, 4.69) is 15.4 Å². The monoisotopic (exact) mass is 774 g/mol. The van der Waals surface area contributed by atoms with Gasteiger partial charge in [0.05, 0.1) is 25.2 Å². The van der Waals surface area contributed by atoms with Crippen molar-refractivity contribution in [3.63, 3.8) is 0 Å². The van der Waals surface area contributed by atoms with E-state index in [1.54, 1.807) is 25.1 Å². The van der Waals surface area contributed by atoms with Gasteiger partial charge in [0.1, 0.15) is 27.5 Å². The van der Waals surface area contributed by atoms with Gasteiger partial charge in [-0.2, -0.15) is 26.7 Å². The maximum Gasteiger partial charge on any atom is 0.435 e. The van der Waals surface area contributed by atoms with Gasteiger partial charge in [-0.25, -0.2) is 14.5 Å². The summed E-state index contributed by atoms with van der Waals surface area (Å²) in [5, 5.41) is 15.6. The number of nitrogens with one attached hydrogen (secondary N) is 2. The number of hydrogen-bond acceptors (Lipinski definition) is 11. The van der Waals surface area contributed by atoms with Gasteiger partial charge < -0.3 is 23.9 Å². The first-order chi connectivity index (χ1) is 25.4. The Hall–Kier alpha value is -5.00. The molecule has 0 spiro atoms. The number of allylic oxidation sites excluding steroid dienone is 1. The quantitative estimate of drug-likeness (QED) is 0.229. The summed E-state index contributed by atoms with van der Waals surface area (Å²) in [5.74, 6) is -4.14. The zero-order valence-electron chi connectivity index (χ0n) is 30.2. The number of rotatable bonds is 9. The van der Waals surface area contributed by atoms with Gasteiger partial charge in [0.15, 0.2) is 11.5 Å². The predicted octanol–water partition coefficient (Wildman–Crippen LogP) is 4.66. The lowest BCUT2D eigenvalue weighted by molar-refractivity contribution is -0.141. The molecule has 1 aliphatic heterocycles. The molecule has 0 bridgehead atoms. The van der Waals surface area contributed by atoms with Crippen LogP contribution in [0.5, 0.6) is 11.5 Å². The minimum absolute atomic E-state index is 0.00655. The Bertz CT molecular complexity index is 2150. The molecule has 3 aliphatic rings. The van der Waals surface area contributed by atoms with Crippen LogP contribution in [0.25, 0.3) is 16.7 Å². The molecule has 290 valence electrons. The highest BCUT2D eigenvalue weighted by Crippen LogP contribution is 2.49. The molecule has 0 unspecified atom stereocenters. The number of benzene rings is 1. The Labute approximate surface area is 309 Å². The summed E-state index contributed by atoms with van der Waals surface area (Å²) < 4.78 is 82.4. The van der Waals surface area contributed by atoms with E-state index in [-0.39, 0.29) is 31.0 Å². The standard InChI is InChI=1S/C36H41F3N6O8S/c1-21-25(51-4)11-10-23-26(19-28(41-30(21)23)45-17-12-27(43-45)36(37,38)39)52-18-13-24-29(40)32(47)44(3)16-8-6-5-7-9-22-20-35(22,42-31(24)46)33(48)53-54(49,50)34(2)14-15-34/h7,9-12,17,19,22,24,40H,5-6,8,13-16,18,20H2,1-4H3,(H,42,46)/b9-7-,40-29?/t22-,24-,35-/m1/s1. The largest absolute Gasteiger partial charge is 0.496 e. The number of carbonyl (C=O) groups is 3. The van der Waals surface area contributed by atoms with Gasteiger partial charge in [0.2, 0.25) is 5.91 Å². The number of pyridine rings is 1. The fourth-order valence-corrected chi connectivity index (χ4v) is 7.56. The van der Waals surface area contributed by atoms with E-state index in [0.717, 1.165) is 16.9 Å². The van der Waals surface area contributed by atoms with E-state index in [0.29, 0.717) is 60.9 Å². The molecule has 0 radical (unpaired) electrons. The van der Waals surface area contributed by atoms with Crippen molar-refractivity contribution in [3.05, 3.63) is 53.9 Å². The summed E-state index contributed by atoms with van der Waals surface area (Å²) in [6.07, 6.45) is 2.41. The smallest absolute Gasteiger partial charge is 0.435 e. The summed E-state index contributed by atoms with van der Waals surface area (Å²) in [6.45, 7) is 3.24. The number of ether oxygens (including phenoxy) is 2. The number of halogens is 3. The fourth-order valence-electron chi connectivity index (χ4n) is 6.41. The number of nitrogens with zero attached hydrogens (tertiary/aromatic N) is 4. The second kappa shape index (κ2) is 14.3. The first-order valence-corrected chi connectivity index (χ1v) is 18.9. The number of hydrogen-bond donors (Lipinski definition) is 2. The maximum absolute atomic E-state index is 14.1.